The molecule has 0 bridgehead atoms. The van der Waals surface area contributed by atoms with Gasteiger partial charge in [0.1, 0.15) is 5.82 Å². The molecule has 1 aromatic rings. The number of aryl methyl sites for hydroxylation is 1. The van der Waals surface area contributed by atoms with E-state index in [-0.39, 0.29) is 5.56 Å². The molecule has 0 fully saturated rings. The Morgan fingerprint density at radius 1 is 1.73 bits per heavy atom. The molecule has 0 spiro atoms. The third-order valence-electron chi connectivity index (χ3n) is 1.30. The highest BCUT2D eigenvalue weighted by Crippen LogP contribution is 1.95. The molecule has 60 valence electrons. The minimum atomic E-state index is -0.0379. The highest BCUT2D eigenvalue weighted by Gasteiger charge is 1.96. The molecule has 0 unspecified atom stereocenters. The predicted molar refractivity (Wildman–Crippen MR) is 51.6 cm³/mol. The fourth-order valence-electron chi connectivity index (χ4n) is 0.780. The van der Waals surface area contributed by atoms with Gasteiger partial charge in [0.2, 0.25) is 0 Å². The average Bonchev–Trinajstić information content (AvgIpc) is 1.98. The van der Waals surface area contributed by atoms with Crippen LogP contribution in [0, 0.1) is 3.57 Å². The standard InChI is InChI=1S/C7H9IN2O/c1-2-3-6-9-4-5(8)7(11)10-6/h4H,2-3H2,1H3,(H,9,10,11). The van der Waals surface area contributed by atoms with E-state index in [2.05, 4.69) is 16.9 Å². The van der Waals surface area contributed by atoms with Crippen molar-refractivity contribution in [3.8, 4) is 0 Å². The van der Waals surface area contributed by atoms with Crippen molar-refractivity contribution >= 4 is 22.6 Å². The molecule has 11 heavy (non-hydrogen) atoms. The molecular formula is C7H9IN2O. The van der Waals surface area contributed by atoms with Crippen molar-refractivity contribution in [1.82, 2.24) is 9.97 Å². The molecule has 0 radical (unpaired) electrons. The fourth-order valence-corrected chi connectivity index (χ4v) is 1.05. The molecule has 0 atom stereocenters. The SMILES string of the molecule is CCCc1ncc(I)c(=O)[nH]1. The summed E-state index contributed by atoms with van der Waals surface area (Å²) in [7, 11) is 0. The average molecular weight is 264 g/mol. The van der Waals surface area contributed by atoms with Crippen molar-refractivity contribution in [1.29, 1.82) is 0 Å². The predicted octanol–water partition coefficient (Wildman–Crippen LogP) is 1.33. The van der Waals surface area contributed by atoms with E-state index in [0.29, 0.717) is 3.57 Å². The lowest BCUT2D eigenvalue weighted by molar-refractivity contribution is 0.822. The van der Waals surface area contributed by atoms with E-state index in [4.69, 9.17) is 0 Å². The van der Waals surface area contributed by atoms with E-state index in [0.717, 1.165) is 18.7 Å². The Balaban J connectivity index is 2.96. The van der Waals surface area contributed by atoms with Crippen LogP contribution in [0.3, 0.4) is 0 Å². The Bertz CT molecular complexity index is 295. The third kappa shape index (κ3) is 2.28. The normalized spacial score (nSPS) is 10.0. The van der Waals surface area contributed by atoms with Crippen LogP contribution in [0.4, 0.5) is 0 Å². The van der Waals surface area contributed by atoms with E-state index in [9.17, 15) is 4.79 Å². The number of hydrogen-bond acceptors (Lipinski definition) is 2. The van der Waals surface area contributed by atoms with Crippen LogP contribution < -0.4 is 5.56 Å². The van der Waals surface area contributed by atoms with E-state index in [1.807, 2.05) is 22.6 Å². The number of hydrogen-bond donors (Lipinski definition) is 1. The van der Waals surface area contributed by atoms with Gasteiger partial charge in [0.15, 0.2) is 0 Å². The highest BCUT2D eigenvalue weighted by molar-refractivity contribution is 14.1. The summed E-state index contributed by atoms with van der Waals surface area (Å²) in [5.74, 6) is 0.776. The second kappa shape index (κ2) is 3.85. The zero-order chi connectivity index (χ0) is 8.27. The highest BCUT2D eigenvalue weighted by atomic mass is 127. The van der Waals surface area contributed by atoms with Crippen molar-refractivity contribution < 1.29 is 0 Å². The summed E-state index contributed by atoms with van der Waals surface area (Å²) in [6.07, 6.45) is 3.44. The van der Waals surface area contributed by atoms with Crippen molar-refractivity contribution in [2.24, 2.45) is 0 Å². The lowest BCUT2D eigenvalue weighted by Crippen LogP contribution is -2.13. The van der Waals surface area contributed by atoms with Gasteiger partial charge in [-0.25, -0.2) is 4.98 Å². The molecule has 0 aromatic carbocycles. The van der Waals surface area contributed by atoms with E-state index in [1.54, 1.807) is 6.20 Å². The molecule has 0 aliphatic carbocycles. The zero-order valence-electron chi connectivity index (χ0n) is 6.22. The molecule has 4 heteroatoms. The molecule has 1 aromatic heterocycles. The van der Waals surface area contributed by atoms with Crippen LogP contribution in [0.15, 0.2) is 11.0 Å². The topological polar surface area (TPSA) is 45.8 Å². The van der Waals surface area contributed by atoms with Crippen molar-refractivity contribution in [3.05, 3.63) is 25.9 Å². The van der Waals surface area contributed by atoms with Crippen LogP contribution in [0.5, 0.6) is 0 Å². The number of halogens is 1. The van der Waals surface area contributed by atoms with Gasteiger partial charge < -0.3 is 4.98 Å². The smallest absolute Gasteiger partial charge is 0.264 e. The minimum Gasteiger partial charge on any atom is -0.310 e. The first kappa shape index (κ1) is 8.70. The first-order valence-electron chi connectivity index (χ1n) is 3.47. The van der Waals surface area contributed by atoms with Gasteiger partial charge in [0.05, 0.1) is 3.57 Å². The van der Waals surface area contributed by atoms with Crippen LogP contribution in [-0.4, -0.2) is 9.97 Å². The second-order valence-electron chi connectivity index (χ2n) is 2.26. The number of nitrogens with zero attached hydrogens (tertiary/aromatic N) is 1. The maximum Gasteiger partial charge on any atom is 0.264 e. The Hall–Kier alpha value is -0.390. The maximum atomic E-state index is 11.0. The molecule has 0 saturated carbocycles. The number of aromatic amines is 1. The molecule has 0 amide bonds. The van der Waals surface area contributed by atoms with Gasteiger partial charge in [-0.3, -0.25) is 4.79 Å². The van der Waals surface area contributed by atoms with Gasteiger partial charge >= 0.3 is 0 Å². The summed E-state index contributed by atoms with van der Waals surface area (Å²) in [5, 5.41) is 0. The largest absolute Gasteiger partial charge is 0.310 e. The summed E-state index contributed by atoms with van der Waals surface area (Å²) < 4.78 is 0.641. The van der Waals surface area contributed by atoms with Gasteiger partial charge in [0.25, 0.3) is 5.56 Å². The minimum absolute atomic E-state index is 0.0379. The lowest BCUT2D eigenvalue weighted by atomic mass is 10.3. The molecule has 1 rings (SSSR count). The number of H-pyrrole nitrogens is 1. The van der Waals surface area contributed by atoms with Crippen LogP contribution >= 0.6 is 22.6 Å². The van der Waals surface area contributed by atoms with Gasteiger partial charge in [-0.1, -0.05) is 6.92 Å². The lowest BCUT2D eigenvalue weighted by Gasteiger charge is -1.95. The maximum absolute atomic E-state index is 11.0. The molecule has 1 heterocycles. The van der Waals surface area contributed by atoms with Crippen LogP contribution in [0.1, 0.15) is 19.2 Å². The number of rotatable bonds is 2. The fraction of sp³-hybridized carbons (Fsp3) is 0.429. The van der Waals surface area contributed by atoms with Gasteiger partial charge in [0, 0.05) is 12.6 Å². The van der Waals surface area contributed by atoms with Crippen molar-refractivity contribution in [3.63, 3.8) is 0 Å². The number of aromatic nitrogens is 2. The Labute approximate surface area is 78.4 Å². The molecule has 0 saturated heterocycles. The monoisotopic (exact) mass is 264 g/mol. The Morgan fingerprint density at radius 2 is 2.45 bits per heavy atom. The summed E-state index contributed by atoms with van der Waals surface area (Å²) in [6, 6.07) is 0. The summed E-state index contributed by atoms with van der Waals surface area (Å²) >= 11 is 1.96. The van der Waals surface area contributed by atoms with E-state index in [1.165, 1.54) is 0 Å². The summed E-state index contributed by atoms with van der Waals surface area (Å²) in [5.41, 5.74) is -0.0379. The molecule has 1 N–H and O–H groups in total. The van der Waals surface area contributed by atoms with Crippen LogP contribution in [0.2, 0.25) is 0 Å². The van der Waals surface area contributed by atoms with Crippen molar-refractivity contribution in [2.75, 3.05) is 0 Å². The van der Waals surface area contributed by atoms with E-state index < -0.39 is 0 Å². The molecule has 3 nitrogen and oxygen atoms in total. The second-order valence-corrected chi connectivity index (χ2v) is 3.42. The van der Waals surface area contributed by atoms with E-state index >= 15 is 0 Å². The third-order valence-corrected chi connectivity index (χ3v) is 2.06. The zero-order valence-corrected chi connectivity index (χ0v) is 8.38. The van der Waals surface area contributed by atoms with Crippen LogP contribution in [0.25, 0.3) is 0 Å². The van der Waals surface area contributed by atoms with Gasteiger partial charge in [-0.15, -0.1) is 0 Å². The Kier molecular flexibility index (Phi) is 3.04. The Morgan fingerprint density at radius 3 is 3.00 bits per heavy atom. The molecule has 0 aliphatic rings. The van der Waals surface area contributed by atoms with Crippen LogP contribution in [-0.2, 0) is 6.42 Å². The van der Waals surface area contributed by atoms with Gasteiger partial charge in [-0.2, -0.15) is 0 Å². The summed E-state index contributed by atoms with van der Waals surface area (Å²) in [6.45, 7) is 2.05. The first-order chi connectivity index (χ1) is 5.24. The quantitative estimate of drug-likeness (QED) is 0.819. The molecular weight excluding hydrogens is 255 g/mol. The molecule has 0 aliphatic heterocycles. The van der Waals surface area contributed by atoms with Gasteiger partial charge in [-0.05, 0) is 29.0 Å². The number of nitrogens with one attached hydrogen (secondary N) is 1. The summed E-state index contributed by atoms with van der Waals surface area (Å²) in [4.78, 5) is 17.8. The first-order valence-corrected chi connectivity index (χ1v) is 4.55. The van der Waals surface area contributed by atoms with Crippen molar-refractivity contribution in [2.45, 2.75) is 19.8 Å².